The second-order valence-electron chi connectivity index (χ2n) is 4.74. The van der Waals surface area contributed by atoms with Crippen LogP contribution in [-0.4, -0.2) is 30.9 Å². The van der Waals surface area contributed by atoms with E-state index in [1.807, 2.05) is 11.9 Å². The van der Waals surface area contributed by atoms with Crippen molar-refractivity contribution in [1.82, 2.24) is 4.90 Å². The van der Waals surface area contributed by atoms with Crippen molar-refractivity contribution in [2.75, 3.05) is 20.1 Å². The number of carbonyl (C=O) groups is 1. The van der Waals surface area contributed by atoms with Crippen LogP contribution in [0.3, 0.4) is 0 Å². The molecule has 0 bridgehead atoms. The molecule has 15 heavy (non-hydrogen) atoms. The summed E-state index contributed by atoms with van der Waals surface area (Å²) >= 11 is 0. The molecule has 1 fully saturated rings. The molecule has 1 aliphatic carbocycles. The molecule has 0 saturated heterocycles. The van der Waals surface area contributed by atoms with Crippen molar-refractivity contribution in [1.29, 1.82) is 0 Å². The van der Waals surface area contributed by atoms with E-state index in [9.17, 15) is 4.79 Å². The summed E-state index contributed by atoms with van der Waals surface area (Å²) in [6.07, 6.45) is 5.87. The lowest BCUT2D eigenvalue weighted by Crippen LogP contribution is -2.40. The van der Waals surface area contributed by atoms with Crippen molar-refractivity contribution in [3.05, 3.63) is 0 Å². The number of hydrogen-bond acceptors (Lipinski definition) is 2. The summed E-state index contributed by atoms with van der Waals surface area (Å²) in [6, 6.07) is 0. The Kier molecular flexibility index (Phi) is 5.09. The Labute approximate surface area is 93.0 Å². The van der Waals surface area contributed by atoms with Crippen LogP contribution in [0.2, 0.25) is 0 Å². The molecule has 1 atom stereocenters. The molecule has 0 aromatic heterocycles. The van der Waals surface area contributed by atoms with Gasteiger partial charge in [0, 0.05) is 20.1 Å². The van der Waals surface area contributed by atoms with Crippen molar-refractivity contribution in [2.45, 2.75) is 39.0 Å². The molecule has 0 heterocycles. The van der Waals surface area contributed by atoms with Crippen LogP contribution in [0.25, 0.3) is 0 Å². The molecular formula is C12H24N2O. The lowest BCUT2D eigenvalue weighted by Gasteiger charge is -2.31. The molecule has 1 unspecified atom stereocenters. The molecule has 0 aromatic rings. The fourth-order valence-corrected chi connectivity index (χ4v) is 2.15. The predicted octanol–water partition coefficient (Wildman–Crippen LogP) is 1.62. The highest BCUT2D eigenvalue weighted by Crippen LogP contribution is 2.27. The normalized spacial score (nSPS) is 18.3. The minimum absolute atomic E-state index is 0.0417. The highest BCUT2D eigenvalue weighted by Gasteiger charge is 2.24. The highest BCUT2D eigenvalue weighted by atomic mass is 16.2. The highest BCUT2D eigenvalue weighted by molar-refractivity contribution is 5.78. The minimum atomic E-state index is 0.0417. The smallest absolute Gasteiger partial charge is 0.226 e. The van der Waals surface area contributed by atoms with Crippen LogP contribution in [0.1, 0.15) is 39.0 Å². The number of nitrogens with two attached hydrogens (primary N) is 1. The van der Waals surface area contributed by atoms with Gasteiger partial charge in [-0.15, -0.1) is 0 Å². The first kappa shape index (κ1) is 12.5. The zero-order valence-corrected chi connectivity index (χ0v) is 10.0. The molecular weight excluding hydrogens is 188 g/mol. The monoisotopic (exact) mass is 212 g/mol. The van der Waals surface area contributed by atoms with Crippen LogP contribution < -0.4 is 5.73 Å². The molecule has 3 heteroatoms. The Morgan fingerprint density at radius 3 is 2.60 bits per heavy atom. The molecule has 1 rings (SSSR count). The van der Waals surface area contributed by atoms with Gasteiger partial charge < -0.3 is 10.6 Å². The Morgan fingerprint density at radius 1 is 1.53 bits per heavy atom. The van der Waals surface area contributed by atoms with Crippen molar-refractivity contribution in [3.63, 3.8) is 0 Å². The van der Waals surface area contributed by atoms with Gasteiger partial charge in [-0.2, -0.15) is 0 Å². The van der Waals surface area contributed by atoms with Gasteiger partial charge in [-0.05, 0) is 25.2 Å². The SMILES string of the molecule is CCCC(CN)C(=O)N(C)CC1CCC1. The number of nitrogens with zero attached hydrogens (tertiary/aromatic N) is 1. The molecule has 1 saturated carbocycles. The first-order valence-corrected chi connectivity index (χ1v) is 6.14. The van der Waals surface area contributed by atoms with Crippen LogP contribution in [0.5, 0.6) is 0 Å². The summed E-state index contributed by atoms with van der Waals surface area (Å²) in [5.74, 6) is 1.03. The van der Waals surface area contributed by atoms with E-state index in [2.05, 4.69) is 6.92 Å². The molecule has 0 aromatic carbocycles. The third-order valence-electron chi connectivity index (χ3n) is 3.40. The van der Waals surface area contributed by atoms with Gasteiger partial charge in [0.1, 0.15) is 0 Å². The standard InChI is InChI=1S/C12H24N2O/c1-3-5-11(8-13)12(15)14(2)9-10-6-4-7-10/h10-11H,3-9,13H2,1-2H3. The second kappa shape index (κ2) is 6.11. The lowest BCUT2D eigenvalue weighted by molar-refractivity contribution is -0.135. The molecule has 0 spiro atoms. The minimum Gasteiger partial charge on any atom is -0.345 e. The van der Waals surface area contributed by atoms with Crippen molar-refractivity contribution in [2.24, 2.45) is 17.6 Å². The molecule has 0 radical (unpaired) electrons. The van der Waals surface area contributed by atoms with E-state index in [1.54, 1.807) is 0 Å². The summed E-state index contributed by atoms with van der Waals surface area (Å²) in [4.78, 5) is 13.9. The van der Waals surface area contributed by atoms with E-state index in [0.29, 0.717) is 6.54 Å². The van der Waals surface area contributed by atoms with Crippen molar-refractivity contribution in [3.8, 4) is 0 Å². The van der Waals surface area contributed by atoms with Gasteiger partial charge in [0.25, 0.3) is 0 Å². The number of hydrogen-bond donors (Lipinski definition) is 1. The number of carbonyl (C=O) groups excluding carboxylic acids is 1. The average molecular weight is 212 g/mol. The van der Waals surface area contributed by atoms with Gasteiger partial charge in [0.2, 0.25) is 5.91 Å². The Morgan fingerprint density at radius 2 is 2.20 bits per heavy atom. The number of rotatable bonds is 6. The first-order chi connectivity index (χ1) is 7.19. The molecule has 1 amide bonds. The third-order valence-corrected chi connectivity index (χ3v) is 3.40. The second-order valence-corrected chi connectivity index (χ2v) is 4.74. The topological polar surface area (TPSA) is 46.3 Å². The fraction of sp³-hybridized carbons (Fsp3) is 0.917. The maximum absolute atomic E-state index is 12.0. The molecule has 1 aliphatic rings. The molecule has 0 aliphatic heterocycles. The van der Waals surface area contributed by atoms with Crippen LogP contribution in [-0.2, 0) is 4.79 Å². The summed E-state index contributed by atoms with van der Waals surface area (Å²) in [6.45, 7) is 3.52. The molecule has 3 nitrogen and oxygen atoms in total. The fourth-order valence-electron chi connectivity index (χ4n) is 2.15. The van der Waals surface area contributed by atoms with Gasteiger partial charge in [-0.1, -0.05) is 19.8 Å². The maximum atomic E-state index is 12.0. The van der Waals surface area contributed by atoms with Crippen LogP contribution in [0.15, 0.2) is 0 Å². The quantitative estimate of drug-likeness (QED) is 0.727. The summed E-state index contributed by atoms with van der Waals surface area (Å²) in [5.41, 5.74) is 5.63. The van der Waals surface area contributed by atoms with Gasteiger partial charge in [-0.3, -0.25) is 4.79 Å². The van der Waals surface area contributed by atoms with E-state index in [4.69, 9.17) is 5.73 Å². The Bertz CT molecular complexity index is 202. The zero-order valence-electron chi connectivity index (χ0n) is 10.0. The summed E-state index contributed by atoms with van der Waals surface area (Å²) < 4.78 is 0. The molecule has 88 valence electrons. The van der Waals surface area contributed by atoms with Crippen LogP contribution >= 0.6 is 0 Å². The van der Waals surface area contributed by atoms with Crippen molar-refractivity contribution >= 4 is 5.91 Å². The van der Waals surface area contributed by atoms with Gasteiger partial charge in [0.05, 0.1) is 5.92 Å². The van der Waals surface area contributed by atoms with E-state index < -0.39 is 0 Å². The molecule has 2 N–H and O–H groups in total. The summed E-state index contributed by atoms with van der Waals surface area (Å²) in [7, 11) is 1.92. The van der Waals surface area contributed by atoms with E-state index in [1.165, 1.54) is 19.3 Å². The Balaban J connectivity index is 2.34. The van der Waals surface area contributed by atoms with Gasteiger partial charge in [-0.25, -0.2) is 0 Å². The van der Waals surface area contributed by atoms with Crippen LogP contribution in [0.4, 0.5) is 0 Å². The lowest BCUT2D eigenvalue weighted by atomic mass is 9.85. The van der Waals surface area contributed by atoms with E-state index >= 15 is 0 Å². The third kappa shape index (κ3) is 3.49. The zero-order chi connectivity index (χ0) is 11.3. The van der Waals surface area contributed by atoms with Crippen molar-refractivity contribution < 1.29 is 4.79 Å². The van der Waals surface area contributed by atoms with E-state index in [0.717, 1.165) is 25.3 Å². The largest absolute Gasteiger partial charge is 0.345 e. The first-order valence-electron chi connectivity index (χ1n) is 6.14. The van der Waals surface area contributed by atoms with E-state index in [-0.39, 0.29) is 11.8 Å². The average Bonchev–Trinajstić information content (AvgIpc) is 2.18. The Hall–Kier alpha value is -0.570. The van der Waals surface area contributed by atoms with Gasteiger partial charge in [0.15, 0.2) is 0 Å². The summed E-state index contributed by atoms with van der Waals surface area (Å²) in [5, 5.41) is 0. The number of amides is 1. The predicted molar refractivity (Wildman–Crippen MR) is 62.4 cm³/mol. The van der Waals surface area contributed by atoms with Gasteiger partial charge >= 0.3 is 0 Å². The van der Waals surface area contributed by atoms with Crippen LogP contribution in [0, 0.1) is 11.8 Å². The maximum Gasteiger partial charge on any atom is 0.226 e.